The standard InChI is InChI=1S/C12H12F3NO/c1-2-7-17-11-4-3-9(5-6-16)8-10(11)12(13,14)15/h1,3-4,8H,5-7,16H2. The van der Waals surface area contributed by atoms with Gasteiger partial charge >= 0.3 is 6.18 Å². The van der Waals surface area contributed by atoms with Gasteiger partial charge in [0.2, 0.25) is 0 Å². The van der Waals surface area contributed by atoms with Gasteiger partial charge in [0.15, 0.2) is 0 Å². The molecule has 0 spiro atoms. The van der Waals surface area contributed by atoms with E-state index in [9.17, 15) is 13.2 Å². The van der Waals surface area contributed by atoms with Gasteiger partial charge in [0.25, 0.3) is 0 Å². The molecule has 0 saturated carbocycles. The summed E-state index contributed by atoms with van der Waals surface area (Å²) in [6, 6.07) is 3.86. The van der Waals surface area contributed by atoms with Crippen molar-refractivity contribution in [3.05, 3.63) is 29.3 Å². The van der Waals surface area contributed by atoms with Crippen LogP contribution in [0.25, 0.3) is 0 Å². The normalized spacial score (nSPS) is 11.0. The highest BCUT2D eigenvalue weighted by molar-refractivity contribution is 5.39. The Morgan fingerprint density at radius 3 is 2.59 bits per heavy atom. The van der Waals surface area contributed by atoms with Crippen molar-refractivity contribution in [2.24, 2.45) is 5.73 Å². The Morgan fingerprint density at radius 2 is 2.06 bits per heavy atom. The Kier molecular flexibility index (Phi) is 4.41. The summed E-state index contributed by atoms with van der Waals surface area (Å²) in [4.78, 5) is 0. The lowest BCUT2D eigenvalue weighted by Crippen LogP contribution is -2.11. The predicted molar refractivity (Wildman–Crippen MR) is 58.5 cm³/mol. The molecule has 17 heavy (non-hydrogen) atoms. The summed E-state index contributed by atoms with van der Waals surface area (Å²) in [6.45, 7) is 0.0984. The lowest BCUT2D eigenvalue weighted by molar-refractivity contribution is -0.138. The van der Waals surface area contributed by atoms with Gasteiger partial charge in [-0.1, -0.05) is 12.0 Å². The van der Waals surface area contributed by atoms with Crippen molar-refractivity contribution < 1.29 is 17.9 Å². The highest BCUT2D eigenvalue weighted by atomic mass is 19.4. The Bertz CT molecular complexity index is 421. The summed E-state index contributed by atoms with van der Waals surface area (Å²) in [5, 5.41) is 0. The Morgan fingerprint density at radius 1 is 1.35 bits per heavy atom. The third-order valence-corrected chi connectivity index (χ3v) is 2.09. The van der Waals surface area contributed by atoms with E-state index in [2.05, 4.69) is 5.92 Å². The maximum atomic E-state index is 12.7. The third-order valence-electron chi connectivity index (χ3n) is 2.09. The maximum absolute atomic E-state index is 12.7. The lowest BCUT2D eigenvalue weighted by atomic mass is 10.1. The van der Waals surface area contributed by atoms with Gasteiger partial charge in [0.05, 0.1) is 5.56 Å². The van der Waals surface area contributed by atoms with Gasteiger partial charge in [-0.3, -0.25) is 0 Å². The van der Waals surface area contributed by atoms with Gasteiger partial charge in [-0.05, 0) is 30.7 Å². The molecule has 0 fully saturated rings. The molecule has 0 atom stereocenters. The molecule has 0 radical (unpaired) electrons. The van der Waals surface area contributed by atoms with Crippen molar-refractivity contribution in [2.45, 2.75) is 12.6 Å². The fourth-order valence-corrected chi connectivity index (χ4v) is 1.37. The SMILES string of the molecule is C#CCOc1ccc(CCN)cc1C(F)(F)F. The molecule has 5 heteroatoms. The van der Waals surface area contributed by atoms with E-state index in [1.165, 1.54) is 6.07 Å². The Hall–Kier alpha value is -1.67. The van der Waals surface area contributed by atoms with E-state index in [4.69, 9.17) is 16.9 Å². The van der Waals surface area contributed by atoms with Crippen molar-refractivity contribution in [1.82, 2.24) is 0 Å². The van der Waals surface area contributed by atoms with Crippen molar-refractivity contribution in [1.29, 1.82) is 0 Å². The fourth-order valence-electron chi connectivity index (χ4n) is 1.37. The van der Waals surface area contributed by atoms with Crippen molar-refractivity contribution >= 4 is 0 Å². The second-order valence-corrected chi connectivity index (χ2v) is 3.36. The molecule has 0 unspecified atom stereocenters. The van der Waals surface area contributed by atoms with E-state index >= 15 is 0 Å². The summed E-state index contributed by atoms with van der Waals surface area (Å²) in [5.74, 6) is 1.87. The molecule has 0 aromatic heterocycles. The van der Waals surface area contributed by atoms with Crippen LogP contribution in [0, 0.1) is 12.3 Å². The van der Waals surface area contributed by atoms with Crippen molar-refractivity contribution in [2.75, 3.05) is 13.2 Å². The van der Waals surface area contributed by atoms with Crippen LogP contribution in [0.1, 0.15) is 11.1 Å². The molecule has 0 aliphatic carbocycles. The number of hydrogen-bond acceptors (Lipinski definition) is 2. The monoisotopic (exact) mass is 243 g/mol. The minimum Gasteiger partial charge on any atom is -0.480 e. The number of nitrogens with two attached hydrogens (primary N) is 1. The molecular formula is C12H12F3NO. The average molecular weight is 243 g/mol. The number of hydrogen-bond donors (Lipinski definition) is 1. The number of alkyl halides is 3. The van der Waals surface area contributed by atoms with Crippen LogP contribution < -0.4 is 10.5 Å². The summed E-state index contributed by atoms with van der Waals surface area (Å²) in [6.07, 6.45) is 0.864. The molecule has 2 nitrogen and oxygen atoms in total. The molecule has 0 saturated heterocycles. The van der Waals surface area contributed by atoms with Gasteiger partial charge in [-0.15, -0.1) is 6.42 Å². The first-order valence-corrected chi connectivity index (χ1v) is 4.95. The van der Waals surface area contributed by atoms with E-state index in [1.54, 1.807) is 6.07 Å². The molecule has 1 rings (SSSR count). The minimum absolute atomic E-state index is 0.195. The Balaban J connectivity index is 3.09. The van der Waals surface area contributed by atoms with Gasteiger partial charge < -0.3 is 10.5 Å². The number of rotatable bonds is 4. The minimum atomic E-state index is -4.46. The molecule has 2 N–H and O–H groups in total. The quantitative estimate of drug-likeness (QED) is 0.823. The average Bonchev–Trinajstić information content (AvgIpc) is 2.26. The second-order valence-electron chi connectivity index (χ2n) is 3.36. The first-order valence-electron chi connectivity index (χ1n) is 4.95. The number of ether oxygens (including phenoxy) is 1. The molecule has 0 aliphatic rings. The van der Waals surface area contributed by atoms with Crippen LogP contribution in [0.2, 0.25) is 0 Å². The van der Waals surface area contributed by atoms with Crippen LogP contribution in [0.5, 0.6) is 5.75 Å². The van der Waals surface area contributed by atoms with Crippen LogP contribution >= 0.6 is 0 Å². The van der Waals surface area contributed by atoms with Crippen LogP contribution in [0.4, 0.5) is 13.2 Å². The number of benzene rings is 1. The van der Waals surface area contributed by atoms with Gasteiger partial charge in [-0.25, -0.2) is 0 Å². The highest BCUT2D eigenvalue weighted by Gasteiger charge is 2.34. The first-order chi connectivity index (χ1) is 7.99. The summed E-state index contributed by atoms with van der Waals surface area (Å²) >= 11 is 0. The van der Waals surface area contributed by atoms with E-state index in [-0.39, 0.29) is 12.4 Å². The van der Waals surface area contributed by atoms with Crippen LogP contribution in [-0.2, 0) is 12.6 Å². The van der Waals surface area contributed by atoms with Crippen LogP contribution in [-0.4, -0.2) is 13.2 Å². The van der Waals surface area contributed by atoms with E-state index < -0.39 is 11.7 Å². The lowest BCUT2D eigenvalue weighted by Gasteiger charge is -2.14. The zero-order valence-corrected chi connectivity index (χ0v) is 9.05. The topological polar surface area (TPSA) is 35.2 Å². The smallest absolute Gasteiger partial charge is 0.419 e. The molecule has 0 aliphatic heterocycles. The second kappa shape index (κ2) is 5.60. The van der Waals surface area contributed by atoms with Crippen molar-refractivity contribution in [3.8, 4) is 18.1 Å². The summed E-state index contributed by atoms with van der Waals surface area (Å²) in [7, 11) is 0. The summed E-state index contributed by atoms with van der Waals surface area (Å²) < 4.78 is 43.1. The zero-order chi connectivity index (χ0) is 12.9. The fraction of sp³-hybridized carbons (Fsp3) is 0.333. The molecule has 92 valence electrons. The molecular weight excluding hydrogens is 231 g/mol. The zero-order valence-electron chi connectivity index (χ0n) is 9.05. The van der Waals surface area contributed by atoms with Gasteiger partial charge in [0.1, 0.15) is 12.4 Å². The van der Waals surface area contributed by atoms with E-state index in [0.717, 1.165) is 6.07 Å². The van der Waals surface area contributed by atoms with E-state index in [0.29, 0.717) is 18.5 Å². The third kappa shape index (κ3) is 3.68. The van der Waals surface area contributed by atoms with Crippen molar-refractivity contribution in [3.63, 3.8) is 0 Å². The predicted octanol–water partition coefficient (Wildman–Crippen LogP) is 2.22. The Labute approximate surface area is 97.6 Å². The van der Waals surface area contributed by atoms with Gasteiger partial charge in [-0.2, -0.15) is 13.2 Å². The summed E-state index contributed by atoms with van der Waals surface area (Å²) in [5.41, 5.74) is 5.00. The molecule has 0 amide bonds. The maximum Gasteiger partial charge on any atom is 0.419 e. The van der Waals surface area contributed by atoms with Crippen LogP contribution in [0.3, 0.4) is 0 Å². The number of halogens is 3. The first kappa shape index (κ1) is 13.4. The molecule has 1 aromatic carbocycles. The molecule has 0 bridgehead atoms. The van der Waals surface area contributed by atoms with E-state index in [1.807, 2.05) is 0 Å². The molecule has 1 aromatic rings. The largest absolute Gasteiger partial charge is 0.480 e. The highest BCUT2D eigenvalue weighted by Crippen LogP contribution is 2.36. The van der Waals surface area contributed by atoms with Crippen LogP contribution in [0.15, 0.2) is 18.2 Å². The van der Waals surface area contributed by atoms with Gasteiger partial charge in [0, 0.05) is 0 Å². The molecule has 0 heterocycles. The number of terminal acetylenes is 1.